The number of rotatable bonds is 3. The highest BCUT2D eigenvalue weighted by molar-refractivity contribution is 5.04. The van der Waals surface area contributed by atoms with Crippen LogP contribution in [0.5, 0.6) is 0 Å². The topological polar surface area (TPSA) is 53.2 Å². The van der Waals surface area contributed by atoms with E-state index in [1.807, 2.05) is 0 Å². The maximum absolute atomic E-state index is 9.21. The Morgan fingerprint density at radius 3 is 2.60 bits per heavy atom. The molecular weight excluding hydrogens is 190 g/mol. The van der Waals surface area contributed by atoms with Gasteiger partial charge in [0.1, 0.15) is 0 Å². The lowest BCUT2D eigenvalue weighted by Gasteiger charge is -2.26. The van der Waals surface area contributed by atoms with Crippen LogP contribution in [0.15, 0.2) is 0 Å². The van der Waals surface area contributed by atoms with Crippen molar-refractivity contribution in [3.05, 3.63) is 0 Å². The average molecular weight is 211 g/mol. The Kier molecular flexibility index (Phi) is 4.12. The first-order chi connectivity index (χ1) is 7.04. The molecule has 86 valence electrons. The van der Waals surface area contributed by atoms with Crippen LogP contribution in [0.2, 0.25) is 0 Å². The second-order valence-corrected chi connectivity index (χ2v) is 5.20. The molecule has 1 fully saturated rings. The minimum Gasteiger partial charge on any atom is -0.394 e. The minimum absolute atomic E-state index is 0.00712. The minimum atomic E-state index is -0.642. The Balaban J connectivity index is 2.63. The third kappa shape index (κ3) is 3.48. The maximum Gasteiger partial charge on any atom is 0.154 e. The van der Waals surface area contributed by atoms with Gasteiger partial charge in [-0.1, -0.05) is 13.8 Å². The number of nitrogens with zero attached hydrogens (tertiary/aromatic N) is 1. The van der Waals surface area contributed by atoms with Gasteiger partial charge in [0.25, 0.3) is 0 Å². The SMILES string of the molecule is CC1(C)CCCC(C#N)(OCCO)CC1. The molecule has 1 aliphatic rings. The van der Waals surface area contributed by atoms with Gasteiger partial charge in [0, 0.05) is 0 Å². The second-order valence-electron chi connectivity index (χ2n) is 5.20. The third-order valence-electron chi connectivity index (χ3n) is 3.31. The molecule has 0 radical (unpaired) electrons. The molecular formula is C12H21NO2. The summed E-state index contributed by atoms with van der Waals surface area (Å²) < 4.78 is 5.53. The number of hydrogen-bond acceptors (Lipinski definition) is 3. The Morgan fingerprint density at radius 2 is 2.00 bits per heavy atom. The van der Waals surface area contributed by atoms with Crippen LogP contribution in [0, 0.1) is 16.7 Å². The largest absolute Gasteiger partial charge is 0.394 e. The zero-order valence-corrected chi connectivity index (χ0v) is 9.75. The molecule has 1 N–H and O–H groups in total. The summed E-state index contributed by atoms with van der Waals surface area (Å²) in [6.07, 6.45) is 4.79. The van der Waals surface area contributed by atoms with Gasteiger partial charge in [0.15, 0.2) is 5.60 Å². The molecule has 0 bridgehead atoms. The van der Waals surface area contributed by atoms with Crippen LogP contribution in [-0.2, 0) is 4.74 Å². The first-order valence-electron chi connectivity index (χ1n) is 5.70. The van der Waals surface area contributed by atoms with E-state index in [1.165, 1.54) is 0 Å². The van der Waals surface area contributed by atoms with Crippen molar-refractivity contribution in [3.63, 3.8) is 0 Å². The molecule has 3 heteroatoms. The smallest absolute Gasteiger partial charge is 0.154 e. The van der Waals surface area contributed by atoms with Crippen molar-refractivity contribution in [3.8, 4) is 6.07 Å². The Morgan fingerprint density at radius 1 is 1.27 bits per heavy atom. The highest BCUT2D eigenvalue weighted by Crippen LogP contribution is 2.39. The fraction of sp³-hybridized carbons (Fsp3) is 0.917. The molecule has 3 nitrogen and oxygen atoms in total. The summed E-state index contributed by atoms with van der Waals surface area (Å²) in [5.41, 5.74) is -0.322. The fourth-order valence-corrected chi connectivity index (χ4v) is 2.17. The molecule has 1 saturated carbocycles. The quantitative estimate of drug-likeness (QED) is 0.728. The highest BCUT2D eigenvalue weighted by Gasteiger charge is 2.36. The van der Waals surface area contributed by atoms with Crippen molar-refractivity contribution in [2.75, 3.05) is 13.2 Å². The van der Waals surface area contributed by atoms with Crippen LogP contribution >= 0.6 is 0 Å². The summed E-state index contributed by atoms with van der Waals surface area (Å²) in [5, 5.41) is 18.0. The van der Waals surface area contributed by atoms with Crippen LogP contribution in [0.4, 0.5) is 0 Å². The lowest BCUT2D eigenvalue weighted by Crippen LogP contribution is -2.31. The highest BCUT2D eigenvalue weighted by atomic mass is 16.5. The number of aliphatic hydroxyl groups is 1. The van der Waals surface area contributed by atoms with Crippen molar-refractivity contribution in [2.45, 2.75) is 51.6 Å². The summed E-state index contributed by atoms with van der Waals surface area (Å²) in [7, 11) is 0. The van der Waals surface area contributed by atoms with Gasteiger partial charge in [-0.2, -0.15) is 5.26 Å². The fourth-order valence-electron chi connectivity index (χ4n) is 2.17. The van der Waals surface area contributed by atoms with Crippen LogP contribution in [0.25, 0.3) is 0 Å². The zero-order chi connectivity index (χ0) is 11.4. The predicted octanol–water partition coefficient (Wildman–Crippen LogP) is 2.25. The lowest BCUT2D eigenvalue weighted by atomic mass is 9.84. The van der Waals surface area contributed by atoms with Gasteiger partial charge in [-0.3, -0.25) is 0 Å². The van der Waals surface area contributed by atoms with E-state index in [0.717, 1.165) is 32.1 Å². The summed E-state index contributed by atoms with van der Waals surface area (Å²) in [5.74, 6) is 0. The predicted molar refractivity (Wildman–Crippen MR) is 58.2 cm³/mol. The van der Waals surface area contributed by atoms with Crippen LogP contribution in [0.1, 0.15) is 46.0 Å². The van der Waals surface area contributed by atoms with Crippen molar-refractivity contribution in [2.24, 2.45) is 5.41 Å². The first-order valence-corrected chi connectivity index (χ1v) is 5.70. The van der Waals surface area contributed by atoms with Crippen molar-refractivity contribution >= 4 is 0 Å². The molecule has 1 rings (SSSR count). The summed E-state index contributed by atoms with van der Waals surface area (Å²) in [6.45, 7) is 4.75. The number of nitriles is 1. The molecule has 0 heterocycles. The Hall–Kier alpha value is -0.590. The van der Waals surface area contributed by atoms with Gasteiger partial charge >= 0.3 is 0 Å². The molecule has 0 aromatic heterocycles. The number of ether oxygens (including phenoxy) is 1. The van der Waals surface area contributed by atoms with E-state index in [2.05, 4.69) is 19.9 Å². The van der Waals surface area contributed by atoms with E-state index in [4.69, 9.17) is 9.84 Å². The monoisotopic (exact) mass is 211 g/mol. The second kappa shape index (κ2) is 4.96. The van der Waals surface area contributed by atoms with Gasteiger partial charge in [-0.25, -0.2) is 0 Å². The Bertz CT molecular complexity index is 244. The molecule has 1 atom stereocenters. The normalized spacial score (nSPS) is 30.5. The van der Waals surface area contributed by atoms with E-state index < -0.39 is 5.60 Å². The van der Waals surface area contributed by atoms with Gasteiger partial charge in [-0.15, -0.1) is 0 Å². The van der Waals surface area contributed by atoms with Crippen LogP contribution < -0.4 is 0 Å². The van der Waals surface area contributed by atoms with E-state index in [0.29, 0.717) is 5.41 Å². The standard InChI is InChI=1S/C12H21NO2/c1-11(2)4-3-5-12(10-13,7-6-11)15-9-8-14/h14H,3-9H2,1-2H3. The molecule has 1 aliphatic carbocycles. The molecule has 0 spiro atoms. The van der Waals surface area contributed by atoms with Gasteiger partial charge in [0.05, 0.1) is 19.3 Å². The van der Waals surface area contributed by atoms with Crippen molar-refractivity contribution in [1.82, 2.24) is 0 Å². The van der Waals surface area contributed by atoms with Crippen molar-refractivity contribution in [1.29, 1.82) is 5.26 Å². The maximum atomic E-state index is 9.21. The number of aliphatic hydroxyl groups excluding tert-OH is 1. The molecule has 1 unspecified atom stereocenters. The van der Waals surface area contributed by atoms with Gasteiger partial charge in [-0.05, 0) is 37.5 Å². The van der Waals surface area contributed by atoms with Crippen LogP contribution in [0.3, 0.4) is 0 Å². The molecule has 0 amide bonds. The summed E-state index contributed by atoms with van der Waals surface area (Å²) >= 11 is 0. The molecule has 0 aliphatic heterocycles. The zero-order valence-electron chi connectivity index (χ0n) is 9.75. The summed E-state index contributed by atoms with van der Waals surface area (Å²) in [6, 6.07) is 2.30. The molecule has 15 heavy (non-hydrogen) atoms. The first kappa shape index (κ1) is 12.5. The van der Waals surface area contributed by atoms with E-state index in [9.17, 15) is 5.26 Å². The summed E-state index contributed by atoms with van der Waals surface area (Å²) in [4.78, 5) is 0. The third-order valence-corrected chi connectivity index (χ3v) is 3.31. The molecule has 0 saturated heterocycles. The van der Waals surface area contributed by atoms with E-state index >= 15 is 0 Å². The van der Waals surface area contributed by atoms with Crippen molar-refractivity contribution < 1.29 is 9.84 Å². The van der Waals surface area contributed by atoms with E-state index in [-0.39, 0.29) is 13.2 Å². The van der Waals surface area contributed by atoms with Crippen LogP contribution in [-0.4, -0.2) is 23.9 Å². The number of hydrogen-bond donors (Lipinski definition) is 1. The molecule has 0 aromatic rings. The van der Waals surface area contributed by atoms with Gasteiger partial charge in [0.2, 0.25) is 0 Å². The van der Waals surface area contributed by atoms with E-state index in [1.54, 1.807) is 0 Å². The lowest BCUT2D eigenvalue weighted by molar-refractivity contribution is -0.0299. The molecule has 0 aromatic carbocycles. The Labute approximate surface area is 92.0 Å². The van der Waals surface area contributed by atoms with Gasteiger partial charge < -0.3 is 9.84 Å². The average Bonchev–Trinajstić information content (AvgIpc) is 2.35.